The lowest BCUT2D eigenvalue weighted by atomic mass is 10.1. The highest BCUT2D eigenvalue weighted by Gasteiger charge is 2.21. The summed E-state index contributed by atoms with van der Waals surface area (Å²) in [6.45, 7) is 3.57. The molecule has 1 aliphatic heterocycles. The molecule has 1 N–H and O–H groups in total. The summed E-state index contributed by atoms with van der Waals surface area (Å²) >= 11 is 3.30. The van der Waals surface area contributed by atoms with E-state index in [9.17, 15) is 14.9 Å². The van der Waals surface area contributed by atoms with Crippen molar-refractivity contribution < 1.29 is 14.8 Å². The van der Waals surface area contributed by atoms with E-state index in [1.165, 1.54) is 6.07 Å². The van der Waals surface area contributed by atoms with Crippen LogP contribution in [0.5, 0.6) is 0 Å². The lowest BCUT2D eigenvalue weighted by Gasteiger charge is -2.33. The van der Waals surface area contributed by atoms with E-state index in [0.717, 1.165) is 18.7 Å². The van der Waals surface area contributed by atoms with E-state index in [1.807, 2.05) is 11.0 Å². The van der Waals surface area contributed by atoms with Crippen LogP contribution in [0, 0.1) is 10.1 Å². The summed E-state index contributed by atoms with van der Waals surface area (Å²) < 4.78 is 0.517. The number of nitro benzene ring substituents is 1. The quantitative estimate of drug-likeness (QED) is 0.635. The smallest absolute Gasteiger partial charge is 0.317 e. The highest BCUT2D eigenvalue weighted by atomic mass is 79.9. The summed E-state index contributed by atoms with van der Waals surface area (Å²) in [6, 6.07) is 5.01. The van der Waals surface area contributed by atoms with Crippen LogP contribution >= 0.6 is 15.9 Å². The Kier molecular flexibility index (Phi) is 5.27. The van der Waals surface area contributed by atoms with Gasteiger partial charge in [0.2, 0.25) is 0 Å². The first-order valence-corrected chi connectivity index (χ1v) is 7.35. The second kappa shape index (κ2) is 6.97. The topological polar surface area (TPSA) is 86.9 Å². The van der Waals surface area contributed by atoms with Crippen LogP contribution in [0.3, 0.4) is 0 Å². The summed E-state index contributed by atoms with van der Waals surface area (Å²) in [4.78, 5) is 25.2. The highest BCUT2D eigenvalue weighted by molar-refractivity contribution is 9.10. The van der Waals surface area contributed by atoms with Gasteiger partial charge in [-0.3, -0.25) is 24.7 Å². The number of nitrogens with zero attached hydrogens (tertiary/aromatic N) is 3. The normalized spacial score (nSPS) is 16.8. The van der Waals surface area contributed by atoms with Crippen molar-refractivity contribution in [3.8, 4) is 0 Å². The van der Waals surface area contributed by atoms with Gasteiger partial charge in [-0.05, 0) is 21.5 Å². The van der Waals surface area contributed by atoms with E-state index in [2.05, 4.69) is 20.8 Å². The van der Waals surface area contributed by atoms with Crippen molar-refractivity contribution in [2.24, 2.45) is 0 Å². The van der Waals surface area contributed by atoms with Crippen molar-refractivity contribution in [1.82, 2.24) is 9.80 Å². The van der Waals surface area contributed by atoms with Crippen LogP contribution < -0.4 is 0 Å². The molecule has 1 heterocycles. The Bertz CT molecular complexity index is 544. The summed E-state index contributed by atoms with van der Waals surface area (Å²) in [6.07, 6.45) is 0. The lowest BCUT2D eigenvalue weighted by molar-refractivity contribution is -0.385. The highest BCUT2D eigenvalue weighted by Crippen LogP contribution is 2.29. The van der Waals surface area contributed by atoms with Gasteiger partial charge < -0.3 is 5.11 Å². The monoisotopic (exact) mass is 357 g/mol. The minimum atomic E-state index is -0.815. The van der Waals surface area contributed by atoms with Crippen molar-refractivity contribution >= 4 is 27.6 Å². The Balaban J connectivity index is 1.96. The number of aliphatic carboxylic acids is 1. The first-order chi connectivity index (χ1) is 9.97. The summed E-state index contributed by atoms with van der Waals surface area (Å²) in [5.41, 5.74) is 0.938. The van der Waals surface area contributed by atoms with Gasteiger partial charge in [0.1, 0.15) is 0 Å². The SMILES string of the molecule is O=C(O)CN1CCN(Cc2cccc([N+](=O)[O-])c2Br)CC1. The van der Waals surface area contributed by atoms with E-state index in [0.29, 0.717) is 24.1 Å². The van der Waals surface area contributed by atoms with Gasteiger partial charge in [-0.15, -0.1) is 0 Å². The second-order valence-corrected chi connectivity index (χ2v) is 5.75. The number of carbonyl (C=O) groups is 1. The fourth-order valence-corrected chi connectivity index (χ4v) is 2.90. The van der Waals surface area contributed by atoms with Crippen LogP contribution in [0.1, 0.15) is 5.56 Å². The first kappa shape index (κ1) is 15.9. The van der Waals surface area contributed by atoms with Gasteiger partial charge in [0.15, 0.2) is 0 Å². The number of hydrogen-bond donors (Lipinski definition) is 1. The standard InChI is InChI=1S/C13H16BrN3O4/c14-13-10(2-1-3-11(13)17(20)21)8-15-4-6-16(7-5-15)9-12(18)19/h1-3H,4-9H2,(H,18,19). The average molecular weight is 358 g/mol. The molecular formula is C13H16BrN3O4. The van der Waals surface area contributed by atoms with Gasteiger partial charge in [0.05, 0.1) is 15.9 Å². The zero-order valence-corrected chi connectivity index (χ0v) is 13.0. The van der Waals surface area contributed by atoms with Gasteiger partial charge in [-0.1, -0.05) is 12.1 Å². The van der Waals surface area contributed by atoms with Crippen LogP contribution in [0.15, 0.2) is 22.7 Å². The van der Waals surface area contributed by atoms with Gasteiger partial charge in [0, 0.05) is 38.8 Å². The Labute approximate surface area is 130 Å². The van der Waals surface area contributed by atoms with Crippen molar-refractivity contribution in [3.63, 3.8) is 0 Å². The average Bonchev–Trinajstić information content (AvgIpc) is 2.42. The largest absolute Gasteiger partial charge is 0.480 e. The van der Waals surface area contributed by atoms with E-state index < -0.39 is 10.9 Å². The summed E-state index contributed by atoms with van der Waals surface area (Å²) in [7, 11) is 0. The maximum atomic E-state index is 10.9. The number of halogens is 1. The summed E-state index contributed by atoms with van der Waals surface area (Å²) in [5, 5.41) is 19.7. The van der Waals surface area contributed by atoms with E-state index >= 15 is 0 Å². The Morgan fingerprint density at radius 3 is 2.48 bits per heavy atom. The molecule has 114 valence electrons. The fourth-order valence-electron chi connectivity index (χ4n) is 2.37. The molecular weight excluding hydrogens is 342 g/mol. The minimum absolute atomic E-state index is 0.0638. The number of benzene rings is 1. The van der Waals surface area contributed by atoms with Crippen LogP contribution in [0.25, 0.3) is 0 Å². The number of hydrogen-bond acceptors (Lipinski definition) is 5. The maximum Gasteiger partial charge on any atom is 0.317 e. The molecule has 0 aromatic heterocycles. The van der Waals surface area contributed by atoms with Gasteiger partial charge >= 0.3 is 5.97 Å². The molecule has 0 atom stereocenters. The molecule has 0 bridgehead atoms. The van der Waals surface area contributed by atoms with Gasteiger partial charge in [-0.25, -0.2) is 0 Å². The van der Waals surface area contributed by atoms with Crippen molar-refractivity contribution in [3.05, 3.63) is 38.3 Å². The molecule has 1 saturated heterocycles. The molecule has 1 fully saturated rings. The van der Waals surface area contributed by atoms with Crippen LogP contribution in [0.4, 0.5) is 5.69 Å². The molecule has 1 aliphatic rings. The first-order valence-electron chi connectivity index (χ1n) is 6.55. The summed E-state index contributed by atoms with van der Waals surface area (Å²) in [5.74, 6) is -0.815. The zero-order chi connectivity index (χ0) is 15.4. The molecule has 1 aromatic carbocycles. The predicted octanol–water partition coefficient (Wildman–Crippen LogP) is 1.56. The van der Waals surface area contributed by atoms with Crippen LogP contribution in [-0.4, -0.2) is 58.5 Å². The Morgan fingerprint density at radius 2 is 1.90 bits per heavy atom. The Hall–Kier alpha value is -1.51. The number of carboxylic acids is 1. The maximum absolute atomic E-state index is 10.9. The third kappa shape index (κ3) is 4.23. The van der Waals surface area contributed by atoms with Gasteiger partial charge in [-0.2, -0.15) is 0 Å². The molecule has 21 heavy (non-hydrogen) atoms. The van der Waals surface area contributed by atoms with Crippen molar-refractivity contribution in [2.45, 2.75) is 6.54 Å². The third-order valence-electron chi connectivity index (χ3n) is 3.47. The Morgan fingerprint density at radius 1 is 1.29 bits per heavy atom. The predicted molar refractivity (Wildman–Crippen MR) is 80.1 cm³/mol. The number of carboxylic acid groups (broad SMARTS) is 1. The molecule has 0 unspecified atom stereocenters. The molecule has 1 aromatic rings. The van der Waals surface area contributed by atoms with E-state index in [4.69, 9.17) is 5.11 Å². The van der Waals surface area contributed by atoms with Gasteiger partial charge in [0.25, 0.3) is 5.69 Å². The van der Waals surface area contributed by atoms with Crippen molar-refractivity contribution in [2.75, 3.05) is 32.7 Å². The van der Waals surface area contributed by atoms with E-state index in [-0.39, 0.29) is 12.2 Å². The molecule has 0 radical (unpaired) electrons. The fraction of sp³-hybridized carbons (Fsp3) is 0.462. The van der Waals surface area contributed by atoms with Crippen molar-refractivity contribution in [1.29, 1.82) is 0 Å². The third-order valence-corrected chi connectivity index (χ3v) is 4.39. The minimum Gasteiger partial charge on any atom is -0.480 e. The lowest BCUT2D eigenvalue weighted by Crippen LogP contribution is -2.47. The second-order valence-electron chi connectivity index (χ2n) is 4.95. The molecule has 0 saturated carbocycles. The molecule has 0 aliphatic carbocycles. The van der Waals surface area contributed by atoms with Crippen LogP contribution in [0.2, 0.25) is 0 Å². The molecule has 7 nitrogen and oxygen atoms in total. The van der Waals surface area contributed by atoms with Crippen LogP contribution in [-0.2, 0) is 11.3 Å². The molecule has 8 heteroatoms. The molecule has 2 rings (SSSR count). The number of piperazine rings is 1. The molecule has 0 spiro atoms. The molecule has 0 amide bonds. The number of nitro groups is 1. The van der Waals surface area contributed by atoms with E-state index in [1.54, 1.807) is 6.07 Å². The zero-order valence-electron chi connectivity index (χ0n) is 11.4. The number of rotatable bonds is 5.